The van der Waals surface area contributed by atoms with E-state index in [4.69, 9.17) is 10.5 Å². The quantitative estimate of drug-likeness (QED) is 0.703. The fourth-order valence-corrected chi connectivity index (χ4v) is 6.21. The van der Waals surface area contributed by atoms with E-state index in [1.165, 1.54) is 0 Å². The molecule has 1 saturated carbocycles. The van der Waals surface area contributed by atoms with Crippen molar-refractivity contribution < 1.29 is 13.2 Å². The van der Waals surface area contributed by atoms with E-state index in [1.807, 2.05) is 13.8 Å². The molecular formula is C17H35NO3S. The Bertz CT molecular complexity index is 483. The summed E-state index contributed by atoms with van der Waals surface area (Å²) in [5.74, 6) is 0. The molecule has 0 aromatic heterocycles. The Hall–Kier alpha value is -0.130. The average Bonchev–Trinajstić information content (AvgIpc) is 3.07. The Labute approximate surface area is 137 Å². The van der Waals surface area contributed by atoms with Crippen LogP contribution in [0, 0.1) is 5.41 Å². The molecule has 4 nitrogen and oxygen atoms in total. The minimum absolute atomic E-state index is 0.189. The smallest absolute Gasteiger partial charge is 0.163 e. The van der Waals surface area contributed by atoms with Crippen molar-refractivity contribution in [2.45, 2.75) is 89.2 Å². The molecule has 0 amide bonds. The molecule has 132 valence electrons. The van der Waals surface area contributed by atoms with Crippen molar-refractivity contribution in [1.82, 2.24) is 0 Å². The zero-order chi connectivity index (χ0) is 17.4. The fraction of sp³-hybridized carbons (Fsp3) is 1.00. The molecule has 0 spiro atoms. The number of ether oxygens (including phenoxy) is 1. The minimum atomic E-state index is -3.29. The van der Waals surface area contributed by atoms with Crippen molar-refractivity contribution in [1.29, 1.82) is 0 Å². The summed E-state index contributed by atoms with van der Waals surface area (Å²) in [6, 6.07) is 0. The summed E-state index contributed by atoms with van der Waals surface area (Å²) in [5, 5.41) is 0. The van der Waals surface area contributed by atoms with Crippen molar-refractivity contribution >= 4 is 9.84 Å². The molecule has 5 heteroatoms. The van der Waals surface area contributed by atoms with E-state index in [0.717, 1.165) is 25.7 Å². The predicted molar refractivity (Wildman–Crippen MR) is 92.7 cm³/mol. The molecule has 0 saturated heterocycles. The van der Waals surface area contributed by atoms with E-state index < -0.39 is 24.9 Å². The number of rotatable bonds is 9. The van der Waals surface area contributed by atoms with Crippen molar-refractivity contribution in [2.24, 2.45) is 11.1 Å². The first-order chi connectivity index (χ1) is 9.72. The van der Waals surface area contributed by atoms with E-state index in [0.29, 0.717) is 6.61 Å². The number of hydrogen-bond donors (Lipinski definition) is 1. The van der Waals surface area contributed by atoms with Crippen molar-refractivity contribution in [3.05, 3.63) is 0 Å². The summed E-state index contributed by atoms with van der Waals surface area (Å²) in [7, 11) is -3.29. The fourth-order valence-electron chi connectivity index (χ4n) is 3.44. The lowest BCUT2D eigenvalue weighted by molar-refractivity contribution is 0.0828. The van der Waals surface area contributed by atoms with Gasteiger partial charge in [-0.05, 0) is 52.4 Å². The molecule has 1 rings (SSSR count). The summed E-state index contributed by atoms with van der Waals surface area (Å²) in [6.45, 7) is 14.2. The average molecular weight is 334 g/mol. The zero-order valence-electron chi connectivity index (χ0n) is 15.5. The van der Waals surface area contributed by atoms with Crippen molar-refractivity contribution in [3.8, 4) is 0 Å². The highest BCUT2D eigenvalue weighted by Gasteiger charge is 2.66. The van der Waals surface area contributed by atoms with Gasteiger partial charge in [0.15, 0.2) is 9.84 Å². The molecule has 0 aromatic carbocycles. The van der Waals surface area contributed by atoms with Gasteiger partial charge in [-0.1, -0.05) is 27.2 Å². The van der Waals surface area contributed by atoms with Crippen LogP contribution in [0.25, 0.3) is 0 Å². The second-order valence-electron chi connectivity index (χ2n) is 8.87. The number of hydrogen-bond acceptors (Lipinski definition) is 4. The lowest BCUT2D eigenvalue weighted by Gasteiger charge is -2.40. The predicted octanol–water partition coefficient (Wildman–Crippen LogP) is 3.29. The summed E-state index contributed by atoms with van der Waals surface area (Å²) >= 11 is 0. The van der Waals surface area contributed by atoms with Gasteiger partial charge < -0.3 is 10.5 Å². The molecule has 1 fully saturated rings. The maximum Gasteiger partial charge on any atom is 0.163 e. The van der Waals surface area contributed by atoms with E-state index in [-0.39, 0.29) is 12.0 Å². The third kappa shape index (κ3) is 3.68. The third-order valence-electron chi connectivity index (χ3n) is 4.98. The highest BCUT2D eigenvalue weighted by molar-refractivity contribution is 7.94. The molecule has 0 aliphatic heterocycles. The molecule has 0 aromatic rings. The largest absolute Gasteiger partial charge is 0.378 e. The van der Waals surface area contributed by atoms with Crippen LogP contribution in [0.3, 0.4) is 0 Å². The number of sulfone groups is 1. The summed E-state index contributed by atoms with van der Waals surface area (Å²) < 4.78 is 30.8. The molecule has 2 N–H and O–H groups in total. The van der Waals surface area contributed by atoms with Gasteiger partial charge in [0.05, 0.1) is 22.7 Å². The van der Waals surface area contributed by atoms with Crippen molar-refractivity contribution in [3.63, 3.8) is 0 Å². The van der Waals surface area contributed by atoms with Gasteiger partial charge in [0.1, 0.15) is 0 Å². The summed E-state index contributed by atoms with van der Waals surface area (Å²) in [4.78, 5) is 0. The second-order valence-corrected chi connectivity index (χ2v) is 11.8. The molecule has 0 heterocycles. The van der Waals surface area contributed by atoms with Crippen molar-refractivity contribution in [2.75, 3.05) is 13.2 Å². The first kappa shape index (κ1) is 19.9. The minimum Gasteiger partial charge on any atom is -0.378 e. The van der Waals surface area contributed by atoms with E-state index in [1.54, 1.807) is 13.8 Å². The van der Waals surface area contributed by atoms with Gasteiger partial charge in [-0.25, -0.2) is 8.42 Å². The highest BCUT2D eigenvalue weighted by Crippen LogP contribution is 2.60. The molecular weight excluding hydrogens is 298 g/mol. The Morgan fingerprint density at radius 1 is 1.05 bits per heavy atom. The van der Waals surface area contributed by atoms with Gasteiger partial charge in [-0.2, -0.15) is 0 Å². The lowest BCUT2D eigenvalue weighted by atomic mass is 9.82. The van der Waals surface area contributed by atoms with Gasteiger partial charge >= 0.3 is 0 Å². The lowest BCUT2D eigenvalue weighted by Crippen LogP contribution is -2.51. The summed E-state index contributed by atoms with van der Waals surface area (Å²) in [6.07, 6.45) is 3.48. The van der Waals surface area contributed by atoms with Crippen LogP contribution in [0.1, 0.15) is 74.1 Å². The first-order valence-electron chi connectivity index (χ1n) is 8.33. The molecule has 0 bridgehead atoms. The van der Waals surface area contributed by atoms with E-state index >= 15 is 0 Å². The highest BCUT2D eigenvalue weighted by atomic mass is 32.2. The zero-order valence-corrected chi connectivity index (χ0v) is 16.3. The van der Waals surface area contributed by atoms with Gasteiger partial charge in [-0.15, -0.1) is 0 Å². The van der Waals surface area contributed by atoms with E-state index in [9.17, 15) is 8.42 Å². The Morgan fingerprint density at radius 2 is 1.55 bits per heavy atom. The molecule has 22 heavy (non-hydrogen) atoms. The second kappa shape index (κ2) is 6.06. The van der Waals surface area contributed by atoms with E-state index in [2.05, 4.69) is 20.8 Å². The van der Waals surface area contributed by atoms with Gasteiger partial charge in [-0.3, -0.25) is 0 Å². The van der Waals surface area contributed by atoms with Crippen LogP contribution >= 0.6 is 0 Å². The first-order valence-corrected chi connectivity index (χ1v) is 9.82. The monoisotopic (exact) mass is 333 g/mol. The standard InChI is InChI=1S/C17H35NO3S/c1-8-9-14(2,3)17(10-11-17)22(19,20)16(6,7)13-21-12-15(4,5)18/h8-13,18H2,1-7H3. The normalized spacial score (nSPS) is 19.3. The molecule has 0 unspecified atom stereocenters. The van der Waals surface area contributed by atoms with Crippen LogP contribution in [-0.4, -0.2) is 36.7 Å². The molecule has 0 radical (unpaired) electrons. The SMILES string of the molecule is CCCC(C)(C)C1(S(=O)(=O)C(C)(C)COCC(C)(C)N)CC1. The maximum absolute atomic E-state index is 13.3. The van der Waals surface area contributed by atoms with Crippen LogP contribution in [0.2, 0.25) is 0 Å². The van der Waals surface area contributed by atoms with Gasteiger partial charge in [0, 0.05) is 5.54 Å². The number of nitrogens with two attached hydrogens (primary N) is 1. The van der Waals surface area contributed by atoms with Crippen LogP contribution in [-0.2, 0) is 14.6 Å². The van der Waals surface area contributed by atoms with Crippen LogP contribution in [0.4, 0.5) is 0 Å². The van der Waals surface area contributed by atoms with Crippen LogP contribution < -0.4 is 5.73 Å². The van der Waals surface area contributed by atoms with Gasteiger partial charge in [0.25, 0.3) is 0 Å². The topological polar surface area (TPSA) is 69.4 Å². The van der Waals surface area contributed by atoms with Gasteiger partial charge in [0.2, 0.25) is 0 Å². The Morgan fingerprint density at radius 3 is 1.91 bits per heavy atom. The summed E-state index contributed by atoms with van der Waals surface area (Å²) in [5.41, 5.74) is 5.27. The van der Waals surface area contributed by atoms with Crippen LogP contribution in [0.15, 0.2) is 0 Å². The maximum atomic E-state index is 13.3. The molecule has 1 aliphatic carbocycles. The third-order valence-corrected chi connectivity index (χ3v) is 8.54. The Kier molecular flexibility index (Phi) is 5.49. The Balaban J connectivity index is 2.93. The molecule has 0 atom stereocenters. The van der Waals surface area contributed by atoms with Crippen LogP contribution in [0.5, 0.6) is 0 Å². The molecule has 1 aliphatic rings.